The number of esters is 1. The van der Waals surface area contributed by atoms with E-state index in [4.69, 9.17) is 25.8 Å². The molecule has 2 saturated heterocycles. The smallest absolute Gasteiger partial charge is 0.335 e. The van der Waals surface area contributed by atoms with Gasteiger partial charge in [0.15, 0.2) is 6.10 Å². The standard InChI is InChI=1S/C31H33ClFN5O5/c32-23-14-20(5-6-24(23)33)36-30-22-15-26(28(42-17-19-3-4-19)16-25(22)34-18-35-30)37-29(39)2-1-10-38-11-7-21(8-12-38)43-27-9-13-41-31(27)40/h1-2,5-6,14-16,18-19,21,27H,3-4,7-13,17H2,(H,37,39)(H,34,35,36)/b2-1+. The second-order valence-electron chi connectivity index (χ2n) is 11.1. The molecule has 3 aromatic rings. The van der Waals surface area contributed by atoms with Crippen LogP contribution < -0.4 is 15.4 Å². The van der Waals surface area contributed by atoms with E-state index in [0.29, 0.717) is 65.9 Å². The zero-order chi connectivity index (χ0) is 29.8. The Morgan fingerprint density at radius 3 is 2.72 bits per heavy atom. The number of cyclic esters (lactones) is 1. The number of aromatic nitrogens is 2. The molecule has 3 aliphatic rings. The van der Waals surface area contributed by atoms with Crippen molar-refractivity contribution in [1.29, 1.82) is 0 Å². The van der Waals surface area contributed by atoms with Gasteiger partial charge < -0.3 is 24.8 Å². The Bertz CT molecular complexity index is 1530. The van der Waals surface area contributed by atoms with Gasteiger partial charge in [-0.3, -0.25) is 9.69 Å². The van der Waals surface area contributed by atoms with Gasteiger partial charge in [-0.25, -0.2) is 19.2 Å². The van der Waals surface area contributed by atoms with Crippen LogP contribution in [0.4, 0.5) is 21.6 Å². The maximum absolute atomic E-state index is 13.7. The number of piperidine rings is 1. The molecule has 2 N–H and O–H groups in total. The minimum absolute atomic E-state index is 0.00719. The van der Waals surface area contributed by atoms with Gasteiger partial charge in [-0.15, -0.1) is 0 Å². The fourth-order valence-electron chi connectivity index (χ4n) is 5.15. The summed E-state index contributed by atoms with van der Waals surface area (Å²) >= 11 is 5.96. The third-order valence-corrected chi connectivity index (χ3v) is 8.05. The summed E-state index contributed by atoms with van der Waals surface area (Å²) in [4.78, 5) is 35.7. The highest BCUT2D eigenvalue weighted by atomic mass is 35.5. The Hall–Kier alpha value is -3.80. The topological polar surface area (TPSA) is 115 Å². The molecular weight excluding hydrogens is 577 g/mol. The average molecular weight is 610 g/mol. The van der Waals surface area contributed by atoms with Crippen molar-refractivity contribution in [3.8, 4) is 5.75 Å². The number of hydrogen-bond donors (Lipinski definition) is 2. The lowest BCUT2D eigenvalue weighted by molar-refractivity contribution is -0.151. The van der Waals surface area contributed by atoms with Crippen LogP contribution in [0.1, 0.15) is 32.1 Å². The molecule has 43 heavy (non-hydrogen) atoms. The summed E-state index contributed by atoms with van der Waals surface area (Å²) in [7, 11) is 0. The van der Waals surface area contributed by atoms with E-state index >= 15 is 0 Å². The molecule has 3 fully saturated rings. The van der Waals surface area contributed by atoms with Gasteiger partial charge in [0.25, 0.3) is 0 Å². The molecule has 0 radical (unpaired) electrons. The van der Waals surface area contributed by atoms with Gasteiger partial charge in [-0.05, 0) is 55.9 Å². The number of benzene rings is 2. The van der Waals surface area contributed by atoms with E-state index in [2.05, 4.69) is 25.5 Å². The van der Waals surface area contributed by atoms with Gasteiger partial charge in [0.1, 0.15) is 23.7 Å². The van der Waals surface area contributed by atoms with Crippen LogP contribution in [0.15, 0.2) is 48.8 Å². The molecule has 1 unspecified atom stereocenters. The van der Waals surface area contributed by atoms with Crippen molar-refractivity contribution in [1.82, 2.24) is 14.9 Å². The maximum atomic E-state index is 13.7. The quantitative estimate of drug-likeness (QED) is 0.222. The van der Waals surface area contributed by atoms with Crippen LogP contribution in [0.2, 0.25) is 5.02 Å². The highest BCUT2D eigenvalue weighted by Gasteiger charge is 2.31. The van der Waals surface area contributed by atoms with Crippen LogP contribution in [-0.2, 0) is 19.1 Å². The van der Waals surface area contributed by atoms with Crippen LogP contribution in [0.5, 0.6) is 5.75 Å². The van der Waals surface area contributed by atoms with E-state index in [-0.39, 0.29) is 23.0 Å². The highest BCUT2D eigenvalue weighted by molar-refractivity contribution is 6.31. The molecule has 0 spiro atoms. The minimum atomic E-state index is -0.513. The van der Waals surface area contributed by atoms with Crippen molar-refractivity contribution >= 4 is 51.6 Å². The summed E-state index contributed by atoms with van der Waals surface area (Å²) in [6, 6.07) is 7.89. The normalized spacial score (nSPS) is 19.6. The number of amides is 1. The number of nitrogens with zero attached hydrogens (tertiary/aromatic N) is 3. The number of nitrogens with one attached hydrogen (secondary N) is 2. The Morgan fingerprint density at radius 1 is 1.14 bits per heavy atom. The molecule has 1 aromatic heterocycles. The lowest BCUT2D eigenvalue weighted by atomic mass is 10.1. The second kappa shape index (κ2) is 13.2. The minimum Gasteiger partial charge on any atom is -0.491 e. The number of ether oxygens (including phenoxy) is 3. The molecule has 10 nitrogen and oxygen atoms in total. The summed E-state index contributed by atoms with van der Waals surface area (Å²) in [5.41, 5.74) is 1.69. The number of carbonyl (C=O) groups excluding carboxylic acids is 2. The molecule has 6 rings (SSSR count). The van der Waals surface area contributed by atoms with Crippen molar-refractivity contribution in [2.45, 2.75) is 44.3 Å². The van der Waals surface area contributed by atoms with E-state index < -0.39 is 11.9 Å². The number of rotatable bonds is 11. The highest BCUT2D eigenvalue weighted by Crippen LogP contribution is 2.36. The fourth-order valence-corrected chi connectivity index (χ4v) is 5.33. The van der Waals surface area contributed by atoms with Crippen molar-refractivity contribution in [3.63, 3.8) is 0 Å². The first kappa shape index (κ1) is 29.3. The molecule has 1 aliphatic carbocycles. The van der Waals surface area contributed by atoms with Crippen LogP contribution >= 0.6 is 11.6 Å². The maximum Gasteiger partial charge on any atom is 0.335 e. The summed E-state index contributed by atoms with van der Waals surface area (Å²) in [6.45, 7) is 3.25. The molecule has 2 aromatic carbocycles. The monoisotopic (exact) mass is 609 g/mol. The zero-order valence-corrected chi connectivity index (χ0v) is 24.3. The van der Waals surface area contributed by atoms with Crippen LogP contribution in [-0.4, -0.2) is 71.8 Å². The first-order valence-corrected chi connectivity index (χ1v) is 14.9. The lowest BCUT2D eigenvalue weighted by Gasteiger charge is -2.31. The van der Waals surface area contributed by atoms with Gasteiger partial charge in [0.05, 0.1) is 35.5 Å². The Labute approximate surface area is 253 Å². The predicted octanol–water partition coefficient (Wildman–Crippen LogP) is 5.25. The molecule has 2 aliphatic heterocycles. The summed E-state index contributed by atoms with van der Waals surface area (Å²) in [6.07, 6.45) is 8.93. The second-order valence-corrected chi connectivity index (χ2v) is 11.5. The first-order valence-electron chi connectivity index (χ1n) is 14.6. The van der Waals surface area contributed by atoms with Crippen molar-refractivity contribution in [3.05, 3.63) is 59.7 Å². The van der Waals surface area contributed by atoms with E-state index in [1.165, 1.54) is 24.5 Å². The summed E-state index contributed by atoms with van der Waals surface area (Å²) < 4.78 is 30.7. The summed E-state index contributed by atoms with van der Waals surface area (Å²) in [5, 5.41) is 6.76. The molecular formula is C31H33ClFN5O5. The largest absolute Gasteiger partial charge is 0.491 e. The van der Waals surface area contributed by atoms with E-state index in [1.54, 1.807) is 18.2 Å². The lowest BCUT2D eigenvalue weighted by Crippen LogP contribution is -2.39. The predicted molar refractivity (Wildman–Crippen MR) is 160 cm³/mol. The van der Waals surface area contributed by atoms with Gasteiger partial charge in [0.2, 0.25) is 5.91 Å². The van der Waals surface area contributed by atoms with Crippen molar-refractivity contribution in [2.24, 2.45) is 5.92 Å². The van der Waals surface area contributed by atoms with Crippen LogP contribution in [0.3, 0.4) is 0 Å². The van der Waals surface area contributed by atoms with Gasteiger partial charge in [-0.1, -0.05) is 17.7 Å². The first-order chi connectivity index (χ1) is 20.9. The average Bonchev–Trinajstić information content (AvgIpc) is 3.75. The van der Waals surface area contributed by atoms with Gasteiger partial charge in [0, 0.05) is 49.3 Å². The third-order valence-electron chi connectivity index (χ3n) is 7.76. The molecule has 1 atom stereocenters. The van der Waals surface area contributed by atoms with Gasteiger partial charge in [-0.2, -0.15) is 0 Å². The molecule has 12 heteroatoms. The zero-order valence-electron chi connectivity index (χ0n) is 23.6. The number of likely N-dealkylation sites (tertiary alicyclic amines) is 1. The number of hydrogen-bond acceptors (Lipinski definition) is 9. The Morgan fingerprint density at radius 2 is 1.98 bits per heavy atom. The molecule has 1 saturated carbocycles. The number of anilines is 3. The fraction of sp³-hybridized carbons (Fsp3) is 0.419. The Kier molecular flexibility index (Phi) is 9.01. The van der Waals surface area contributed by atoms with Crippen molar-refractivity contribution < 1.29 is 28.2 Å². The summed E-state index contributed by atoms with van der Waals surface area (Å²) in [5.74, 6) is 0.466. The van der Waals surface area contributed by atoms with E-state index in [9.17, 15) is 14.0 Å². The molecule has 0 bridgehead atoms. The Balaban J connectivity index is 1.10. The van der Waals surface area contributed by atoms with E-state index in [1.807, 2.05) is 6.08 Å². The van der Waals surface area contributed by atoms with Crippen LogP contribution in [0.25, 0.3) is 10.9 Å². The van der Waals surface area contributed by atoms with Crippen molar-refractivity contribution in [2.75, 3.05) is 43.5 Å². The number of halogens is 2. The molecule has 1 amide bonds. The number of fused-ring (bicyclic) bond motifs is 1. The van der Waals surface area contributed by atoms with Crippen LogP contribution in [0, 0.1) is 11.7 Å². The molecule has 226 valence electrons. The molecule has 3 heterocycles. The SMILES string of the molecule is O=C(/C=C/CN1CCC(OC2CCOC2=O)CC1)Nc1cc2c(Nc3ccc(F)c(Cl)c3)ncnc2cc1OCC1CC1. The number of carbonyl (C=O) groups is 2. The van der Waals surface area contributed by atoms with E-state index in [0.717, 1.165) is 38.8 Å². The third kappa shape index (κ3) is 7.59. The van der Waals surface area contributed by atoms with Gasteiger partial charge >= 0.3 is 5.97 Å².